The van der Waals surface area contributed by atoms with Gasteiger partial charge in [-0.05, 0) is 47.1 Å². The lowest BCUT2D eigenvalue weighted by molar-refractivity contribution is 0.718. The van der Waals surface area contributed by atoms with E-state index in [1.54, 1.807) is 11.3 Å². The summed E-state index contributed by atoms with van der Waals surface area (Å²) in [6, 6.07) is 2.71. The number of imidazole rings is 1. The van der Waals surface area contributed by atoms with E-state index in [0.29, 0.717) is 6.04 Å². The van der Waals surface area contributed by atoms with Crippen LogP contribution in [0.1, 0.15) is 36.3 Å². The fraction of sp³-hybridized carbons (Fsp3) is 0.500. The van der Waals surface area contributed by atoms with Crippen LogP contribution in [-0.4, -0.2) is 15.6 Å². The first kappa shape index (κ1) is 13.2. The number of thiophene rings is 1. The highest BCUT2D eigenvalue weighted by molar-refractivity contribution is 9.10. The van der Waals surface area contributed by atoms with Gasteiger partial charge in [0.05, 0.1) is 12.2 Å². The van der Waals surface area contributed by atoms with Crippen LogP contribution < -0.4 is 5.32 Å². The predicted molar refractivity (Wildman–Crippen MR) is 84.0 cm³/mol. The lowest BCUT2D eigenvalue weighted by Gasteiger charge is -2.14. The number of aryl methyl sites for hydroxylation is 1. The molecule has 0 amide bonds. The van der Waals surface area contributed by atoms with Crippen molar-refractivity contribution in [1.29, 1.82) is 0 Å². The van der Waals surface area contributed by atoms with Crippen LogP contribution in [0.5, 0.6) is 0 Å². The van der Waals surface area contributed by atoms with Crippen LogP contribution in [0.2, 0.25) is 0 Å². The molecule has 0 aliphatic heterocycles. The van der Waals surface area contributed by atoms with E-state index in [9.17, 15) is 0 Å². The SMILES string of the molecule is Cc1cn(Cc2sccc2Br)c(NC2CCCC2)n1. The summed E-state index contributed by atoms with van der Waals surface area (Å²) in [4.78, 5) is 5.97. The molecule has 2 aromatic rings. The molecule has 3 rings (SSSR count). The number of hydrogen-bond donors (Lipinski definition) is 1. The highest BCUT2D eigenvalue weighted by Gasteiger charge is 2.17. The first-order valence-electron chi connectivity index (χ1n) is 6.74. The maximum Gasteiger partial charge on any atom is 0.203 e. The van der Waals surface area contributed by atoms with E-state index < -0.39 is 0 Å². The van der Waals surface area contributed by atoms with Crippen LogP contribution in [0.15, 0.2) is 22.1 Å². The van der Waals surface area contributed by atoms with Crippen molar-refractivity contribution < 1.29 is 0 Å². The Balaban J connectivity index is 1.78. The second-order valence-electron chi connectivity index (χ2n) is 5.15. The highest BCUT2D eigenvalue weighted by atomic mass is 79.9. The van der Waals surface area contributed by atoms with Crippen molar-refractivity contribution in [2.24, 2.45) is 0 Å². The minimum absolute atomic E-state index is 0.604. The van der Waals surface area contributed by atoms with Crippen LogP contribution in [0.3, 0.4) is 0 Å². The summed E-state index contributed by atoms with van der Waals surface area (Å²) in [5.74, 6) is 1.02. The van der Waals surface area contributed by atoms with Crippen molar-refractivity contribution >= 4 is 33.2 Å². The molecular formula is C14H18BrN3S. The molecule has 2 aromatic heterocycles. The van der Waals surface area contributed by atoms with Crippen molar-refractivity contribution in [3.8, 4) is 0 Å². The largest absolute Gasteiger partial charge is 0.353 e. The van der Waals surface area contributed by atoms with Gasteiger partial charge in [0.2, 0.25) is 5.95 Å². The van der Waals surface area contributed by atoms with Crippen LogP contribution >= 0.6 is 27.3 Å². The number of anilines is 1. The molecular weight excluding hydrogens is 322 g/mol. The Morgan fingerprint density at radius 3 is 2.95 bits per heavy atom. The summed E-state index contributed by atoms with van der Waals surface area (Å²) in [7, 11) is 0. The zero-order chi connectivity index (χ0) is 13.2. The molecule has 0 saturated heterocycles. The maximum atomic E-state index is 4.63. The molecule has 0 unspecified atom stereocenters. The maximum absolute atomic E-state index is 4.63. The molecule has 1 aliphatic carbocycles. The second kappa shape index (κ2) is 5.67. The molecule has 1 aliphatic rings. The van der Waals surface area contributed by atoms with Gasteiger partial charge in [-0.3, -0.25) is 0 Å². The molecule has 3 nitrogen and oxygen atoms in total. The molecule has 1 N–H and O–H groups in total. The van der Waals surface area contributed by atoms with Gasteiger partial charge in [0, 0.05) is 21.6 Å². The zero-order valence-corrected chi connectivity index (χ0v) is 13.4. The van der Waals surface area contributed by atoms with Gasteiger partial charge in [0.1, 0.15) is 0 Å². The molecule has 0 spiro atoms. The molecule has 2 heterocycles. The van der Waals surface area contributed by atoms with Gasteiger partial charge in [-0.1, -0.05) is 12.8 Å². The summed E-state index contributed by atoms with van der Waals surface area (Å²) in [6.07, 6.45) is 7.36. The molecule has 1 saturated carbocycles. The van der Waals surface area contributed by atoms with Gasteiger partial charge >= 0.3 is 0 Å². The van der Waals surface area contributed by atoms with Crippen molar-refractivity contribution in [2.45, 2.75) is 45.2 Å². The summed E-state index contributed by atoms with van der Waals surface area (Å²) in [5.41, 5.74) is 1.08. The van der Waals surface area contributed by atoms with Crippen molar-refractivity contribution in [2.75, 3.05) is 5.32 Å². The second-order valence-corrected chi connectivity index (χ2v) is 7.01. The van der Waals surface area contributed by atoms with Gasteiger partial charge in [-0.15, -0.1) is 11.3 Å². The van der Waals surface area contributed by atoms with Gasteiger partial charge in [-0.25, -0.2) is 4.98 Å². The van der Waals surface area contributed by atoms with Gasteiger partial charge in [0.15, 0.2) is 0 Å². The summed E-state index contributed by atoms with van der Waals surface area (Å²) in [5, 5.41) is 5.72. The first-order chi connectivity index (χ1) is 9.22. The lowest BCUT2D eigenvalue weighted by Crippen LogP contribution is -2.18. The van der Waals surface area contributed by atoms with Crippen molar-refractivity contribution in [3.05, 3.63) is 32.7 Å². The Hall–Kier alpha value is -0.810. The quantitative estimate of drug-likeness (QED) is 0.893. The number of aromatic nitrogens is 2. The third-order valence-electron chi connectivity index (χ3n) is 3.59. The molecule has 0 aromatic carbocycles. The first-order valence-corrected chi connectivity index (χ1v) is 8.42. The van der Waals surface area contributed by atoms with Crippen LogP contribution in [0, 0.1) is 6.92 Å². The molecule has 102 valence electrons. The number of nitrogens with one attached hydrogen (secondary N) is 1. The van der Waals surface area contributed by atoms with E-state index in [1.807, 2.05) is 0 Å². The predicted octanol–water partition coefficient (Wildman–Crippen LogP) is 4.42. The van der Waals surface area contributed by atoms with E-state index in [2.05, 4.69) is 55.4 Å². The zero-order valence-electron chi connectivity index (χ0n) is 11.0. The van der Waals surface area contributed by atoms with Crippen LogP contribution in [0.25, 0.3) is 0 Å². The Morgan fingerprint density at radius 1 is 1.47 bits per heavy atom. The fourth-order valence-corrected chi connectivity index (χ4v) is 4.10. The molecule has 0 radical (unpaired) electrons. The summed E-state index contributed by atoms with van der Waals surface area (Å²) < 4.78 is 3.42. The third kappa shape index (κ3) is 3.03. The Labute approximate surface area is 126 Å². The Bertz CT molecular complexity index is 555. The van der Waals surface area contributed by atoms with Gasteiger partial charge < -0.3 is 9.88 Å². The summed E-state index contributed by atoms with van der Waals surface area (Å²) in [6.45, 7) is 2.94. The lowest BCUT2D eigenvalue weighted by atomic mass is 10.2. The molecule has 0 atom stereocenters. The Kier molecular flexibility index (Phi) is 3.93. The highest BCUT2D eigenvalue weighted by Crippen LogP contribution is 2.26. The minimum Gasteiger partial charge on any atom is -0.353 e. The van der Waals surface area contributed by atoms with Crippen molar-refractivity contribution in [1.82, 2.24) is 9.55 Å². The van der Waals surface area contributed by atoms with Crippen LogP contribution in [-0.2, 0) is 6.54 Å². The smallest absolute Gasteiger partial charge is 0.203 e. The molecule has 5 heteroatoms. The van der Waals surface area contributed by atoms with Gasteiger partial charge in [0.25, 0.3) is 0 Å². The molecule has 0 bridgehead atoms. The summed E-state index contributed by atoms with van der Waals surface area (Å²) >= 11 is 5.38. The van der Waals surface area contributed by atoms with Gasteiger partial charge in [-0.2, -0.15) is 0 Å². The van der Waals surface area contributed by atoms with E-state index in [4.69, 9.17) is 0 Å². The van der Waals surface area contributed by atoms with Crippen LogP contribution in [0.4, 0.5) is 5.95 Å². The van der Waals surface area contributed by atoms with E-state index >= 15 is 0 Å². The third-order valence-corrected chi connectivity index (χ3v) is 5.50. The van der Waals surface area contributed by atoms with Crippen molar-refractivity contribution in [3.63, 3.8) is 0 Å². The number of rotatable bonds is 4. The molecule has 1 fully saturated rings. The number of halogens is 1. The number of hydrogen-bond acceptors (Lipinski definition) is 3. The fourth-order valence-electron chi connectivity index (χ4n) is 2.63. The normalized spacial score (nSPS) is 16.1. The van der Waals surface area contributed by atoms with E-state index in [0.717, 1.165) is 18.2 Å². The van der Waals surface area contributed by atoms with E-state index in [1.165, 1.54) is 35.0 Å². The standard InChI is InChI=1S/C14H18BrN3S/c1-10-8-18(9-13-12(15)6-7-19-13)14(16-10)17-11-4-2-3-5-11/h6-8,11H,2-5,9H2,1H3,(H,16,17). The van der Waals surface area contributed by atoms with E-state index in [-0.39, 0.29) is 0 Å². The topological polar surface area (TPSA) is 29.9 Å². The Morgan fingerprint density at radius 2 is 2.26 bits per heavy atom. The monoisotopic (exact) mass is 339 g/mol. The molecule has 19 heavy (non-hydrogen) atoms. The average molecular weight is 340 g/mol. The number of nitrogens with zero attached hydrogens (tertiary/aromatic N) is 2. The average Bonchev–Trinajstić information content (AvgIpc) is 3.06. The minimum atomic E-state index is 0.604.